The van der Waals surface area contributed by atoms with Gasteiger partial charge in [0.05, 0.1) is 22.6 Å². The molecule has 1 unspecified atom stereocenters. The van der Waals surface area contributed by atoms with Crippen molar-refractivity contribution in [2.24, 2.45) is 0 Å². The van der Waals surface area contributed by atoms with E-state index in [4.69, 9.17) is 23.9 Å². The van der Waals surface area contributed by atoms with Gasteiger partial charge in [0, 0.05) is 27.6 Å². The average molecular weight is 774 g/mol. The predicted octanol–water partition coefficient (Wildman–Crippen LogP) is 14.5. The number of furan rings is 1. The Morgan fingerprint density at radius 3 is 2.00 bits per heavy atom. The molecule has 1 aliphatic carbocycles. The minimum absolute atomic E-state index is 0.123. The normalized spacial score (nSPS) is 14.9. The lowest BCUT2D eigenvalue weighted by atomic mass is 9.81. The molecule has 10 aromatic rings. The molecule has 60 heavy (non-hydrogen) atoms. The minimum Gasteiger partial charge on any atom is -0.456 e. The first-order chi connectivity index (χ1) is 29.7. The maximum Gasteiger partial charge on any atom is 0.156 e. The van der Waals surface area contributed by atoms with Gasteiger partial charge in [-0.2, -0.15) is 0 Å². The third-order valence-corrected chi connectivity index (χ3v) is 12.5. The highest BCUT2D eigenvalue weighted by Crippen LogP contribution is 2.60. The van der Waals surface area contributed by atoms with Crippen molar-refractivity contribution in [2.75, 3.05) is 4.90 Å². The molecule has 284 valence electrons. The van der Waals surface area contributed by atoms with E-state index in [-0.39, 0.29) is 5.92 Å². The van der Waals surface area contributed by atoms with Crippen LogP contribution in [-0.2, 0) is 12.8 Å². The zero-order valence-electron chi connectivity index (χ0n) is 32.4. The summed E-state index contributed by atoms with van der Waals surface area (Å²) < 4.78 is 19.4. The van der Waals surface area contributed by atoms with Gasteiger partial charge in [-0.05, 0) is 125 Å². The summed E-state index contributed by atoms with van der Waals surface area (Å²) in [6.07, 6.45) is 2.66. The molecular weight excluding hydrogens is 739 g/mol. The molecule has 0 saturated heterocycles. The SMILES string of the molecule is c1ccc2c(c1)CC(c1nc(-c3ccc4oc5ccccc5c4c3)c3ccccc3n1)CCc1ccc(-c3cc4c5c(c3)Oc3ccccc3N5c3ccccc3O4)cc1-2. The van der Waals surface area contributed by atoms with Crippen molar-refractivity contribution < 1.29 is 13.9 Å². The number of benzene rings is 8. The van der Waals surface area contributed by atoms with Gasteiger partial charge in [0.2, 0.25) is 0 Å². The Bertz CT molecular complexity index is 3330. The Morgan fingerprint density at radius 2 is 1.17 bits per heavy atom. The lowest BCUT2D eigenvalue weighted by molar-refractivity contribution is 0.446. The first-order valence-electron chi connectivity index (χ1n) is 20.6. The Labute approximate surface area is 345 Å². The third-order valence-electron chi connectivity index (χ3n) is 12.5. The molecule has 0 fully saturated rings. The molecule has 6 heteroatoms. The van der Waals surface area contributed by atoms with Crippen molar-refractivity contribution in [3.05, 3.63) is 187 Å². The molecule has 1 atom stereocenters. The summed E-state index contributed by atoms with van der Waals surface area (Å²) in [6, 6.07) is 59.5. The minimum atomic E-state index is 0.123. The van der Waals surface area contributed by atoms with Crippen LogP contribution in [0.2, 0.25) is 0 Å². The van der Waals surface area contributed by atoms with E-state index in [0.717, 1.165) is 120 Å². The number of nitrogens with zero attached hydrogens (tertiary/aromatic N) is 3. The number of anilines is 3. The summed E-state index contributed by atoms with van der Waals surface area (Å²) in [5, 5.41) is 3.25. The van der Waals surface area contributed by atoms with E-state index in [2.05, 4.69) is 126 Å². The molecule has 3 aliphatic rings. The van der Waals surface area contributed by atoms with Gasteiger partial charge < -0.3 is 13.9 Å². The van der Waals surface area contributed by atoms with Crippen LogP contribution in [0.3, 0.4) is 0 Å². The number of rotatable bonds is 3. The topological polar surface area (TPSA) is 60.6 Å². The highest BCUT2D eigenvalue weighted by atomic mass is 16.5. The van der Waals surface area contributed by atoms with Gasteiger partial charge >= 0.3 is 0 Å². The lowest BCUT2D eigenvalue weighted by Gasteiger charge is -2.38. The fourth-order valence-electron chi connectivity index (χ4n) is 9.66. The number of fused-ring (bicyclic) bond motifs is 11. The lowest BCUT2D eigenvalue weighted by Crippen LogP contribution is -2.20. The van der Waals surface area contributed by atoms with Gasteiger partial charge in [0.25, 0.3) is 0 Å². The van der Waals surface area contributed by atoms with Gasteiger partial charge in [-0.1, -0.05) is 97.1 Å². The number of aromatic nitrogens is 2. The summed E-state index contributed by atoms with van der Waals surface area (Å²) in [5.74, 6) is 4.20. The molecule has 0 radical (unpaired) electrons. The summed E-state index contributed by atoms with van der Waals surface area (Å²) >= 11 is 0. The number of aryl methyl sites for hydroxylation is 1. The largest absolute Gasteiger partial charge is 0.456 e. The van der Waals surface area contributed by atoms with Crippen molar-refractivity contribution >= 4 is 49.9 Å². The highest BCUT2D eigenvalue weighted by molar-refractivity contribution is 6.07. The molecule has 6 nitrogen and oxygen atoms in total. The van der Waals surface area contributed by atoms with E-state index in [1.54, 1.807) is 0 Å². The second-order valence-corrected chi connectivity index (χ2v) is 16.0. The van der Waals surface area contributed by atoms with Crippen molar-refractivity contribution in [3.8, 4) is 56.5 Å². The number of hydrogen-bond donors (Lipinski definition) is 0. The molecule has 2 aliphatic heterocycles. The smallest absolute Gasteiger partial charge is 0.156 e. The Morgan fingerprint density at radius 1 is 0.483 bits per heavy atom. The van der Waals surface area contributed by atoms with Crippen molar-refractivity contribution in [1.29, 1.82) is 0 Å². The fourth-order valence-corrected chi connectivity index (χ4v) is 9.66. The summed E-state index contributed by atoms with van der Waals surface area (Å²) in [5.41, 5.74) is 14.9. The predicted molar refractivity (Wildman–Crippen MR) is 239 cm³/mol. The Balaban J connectivity index is 0.889. The molecule has 4 heterocycles. The summed E-state index contributed by atoms with van der Waals surface area (Å²) in [7, 11) is 0. The summed E-state index contributed by atoms with van der Waals surface area (Å²) in [6.45, 7) is 0. The molecule has 0 bridgehead atoms. The fraction of sp³-hybridized carbons (Fsp3) is 0.0741. The van der Waals surface area contributed by atoms with Gasteiger partial charge in [-0.3, -0.25) is 4.90 Å². The zero-order valence-corrected chi connectivity index (χ0v) is 32.4. The third kappa shape index (κ3) is 5.13. The first kappa shape index (κ1) is 33.3. The van der Waals surface area contributed by atoms with Crippen LogP contribution in [0.1, 0.15) is 29.3 Å². The van der Waals surface area contributed by atoms with Crippen LogP contribution in [0.5, 0.6) is 23.0 Å². The van der Waals surface area contributed by atoms with Crippen LogP contribution < -0.4 is 14.4 Å². The molecule has 0 saturated carbocycles. The van der Waals surface area contributed by atoms with E-state index in [9.17, 15) is 0 Å². The van der Waals surface area contributed by atoms with E-state index >= 15 is 0 Å². The van der Waals surface area contributed by atoms with E-state index < -0.39 is 0 Å². The maximum atomic E-state index is 6.62. The maximum absolute atomic E-state index is 6.62. The summed E-state index contributed by atoms with van der Waals surface area (Å²) in [4.78, 5) is 13.0. The van der Waals surface area contributed by atoms with Crippen LogP contribution in [-0.4, -0.2) is 9.97 Å². The molecule has 0 amide bonds. The molecule has 2 aromatic heterocycles. The molecule has 0 N–H and O–H groups in total. The average Bonchev–Trinajstić information content (AvgIpc) is 3.67. The van der Waals surface area contributed by atoms with Crippen molar-refractivity contribution in [1.82, 2.24) is 9.97 Å². The zero-order chi connectivity index (χ0) is 39.3. The Hall–Kier alpha value is -7.70. The number of para-hydroxylation sites is 6. The highest BCUT2D eigenvalue weighted by Gasteiger charge is 2.35. The van der Waals surface area contributed by atoms with Crippen LogP contribution in [0.4, 0.5) is 17.1 Å². The van der Waals surface area contributed by atoms with Crippen LogP contribution >= 0.6 is 0 Å². The van der Waals surface area contributed by atoms with Crippen molar-refractivity contribution in [3.63, 3.8) is 0 Å². The van der Waals surface area contributed by atoms with Gasteiger partial charge in [-0.25, -0.2) is 9.97 Å². The molecule has 8 aromatic carbocycles. The number of ether oxygens (including phenoxy) is 2. The van der Waals surface area contributed by atoms with Gasteiger partial charge in [-0.15, -0.1) is 0 Å². The van der Waals surface area contributed by atoms with Crippen molar-refractivity contribution in [2.45, 2.75) is 25.2 Å². The molecular formula is C54H35N3O3. The standard InChI is InChI=1S/C54H35N3O3/c1-2-12-38-34(11-1)27-36(54-55-43-15-5-3-14-40(43)52(56-54)35-25-26-47-42(29-35)39-13-4-8-18-46(39)58-47)24-22-32-21-23-33(28-41(32)38)37-30-50-53-51(31-37)60-49-20-10-7-17-45(49)57(53)44-16-6-9-19-48(44)59-50/h1-21,23,25-26,28-31,36H,22,24,27H2. The number of hydrogen-bond acceptors (Lipinski definition) is 6. The van der Waals surface area contributed by atoms with E-state index in [1.807, 2.05) is 48.5 Å². The molecule has 13 rings (SSSR count). The van der Waals surface area contributed by atoms with Gasteiger partial charge in [0.15, 0.2) is 23.0 Å². The van der Waals surface area contributed by atoms with Crippen LogP contribution in [0, 0.1) is 0 Å². The van der Waals surface area contributed by atoms with Gasteiger partial charge in [0.1, 0.15) is 22.7 Å². The molecule has 0 spiro atoms. The quantitative estimate of drug-likeness (QED) is 0.178. The second-order valence-electron chi connectivity index (χ2n) is 16.0. The van der Waals surface area contributed by atoms with Crippen LogP contribution in [0.25, 0.3) is 66.4 Å². The van der Waals surface area contributed by atoms with E-state index in [0.29, 0.717) is 0 Å². The van der Waals surface area contributed by atoms with E-state index in [1.165, 1.54) is 22.3 Å². The monoisotopic (exact) mass is 773 g/mol. The van der Waals surface area contributed by atoms with Crippen LogP contribution in [0.15, 0.2) is 174 Å². The Kier molecular flexibility index (Phi) is 7.16. The first-order valence-corrected chi connectivity index (χ1v) is 20.6. The second kappa shape index (κ2) is 12.9.